The first kappa shape index (κ1) is 16.3. The summed E-state index contributed by atoms with van der Waals surface area (Å²) in [4.78, 5) is 4.63. The Morgan fingerprint density at radius 1 is 1.35 bits per heavy atom. The van der Waals surface area contributed by atoms with E-state index < -0.39 is 0 Å². The summed E-state index contributed by atoms with van der Waals surface area (Å²) in [5.41, 5.74) is 1.04. The normalized spacial score (nSPS) is 12.4. The van der Waals surface area contributed by atoms with E-state index >= 15 is 0 Å². The number of para-hydroxylation sites is 1. The van der Waals surface area contributed by atoms with Crippen molar-refractivity contribution in [3.63, 3.8) is 0 Å². The molecule has 0 saturated carbocycles. The molecule has 0 bridgehead atoms. The number of fused-ring (bicyclic) bond motifs is 1. The van der Waals surface area contributed by atoms with Gasteiger partial charge in [0.2, 0.25) is 0 Å². The molecule has 0 aliphatic heterocycles. The van der Waals surface area contributed by atoms with Gasteiger partial charge in [0.05, 0.1) is 27.3 Å². The Kier molecular flexibility index (Phi) is 5.20. The summed E-state index contributed by atoms with van der Waals surface area (Å²) in [5.74, 6) is 1.65. The fourth-order valence-electron chi connectivity index (χ4n) is 2.05. The van der Waals surface area contributed by atoms with Crippen molar-refractivity contribution >= 4 is 45.1 Å². The molecule has 0 aliphatic carbocycles. The van der Waals surface area contributed by atoms with E-state index in [0.29, 0.717) is 0 Å². The number of rotatable bonds is 6. The van der Waals surface area contributed by atoms with Gasteiger partial charge in [0.1, 0.15) is 5.82 Å². The van der Waals surface area contributed by atoms with Crippen LogP contribution in [-0.4, -0.2) is 25.0 Å². The van der Waals surface area contributed by atoms with E-state index in [1.165, 1.54) is 16.5 Å². The molecule has 0 aliphatic rings. The van der Waals surface area contributed by atoms with Crippen molar-refractivity contribution in [1.82, 2.24) is 19.7 Å². The van der Waals surface area contributed by atoms with E-state index in [2.05, 4.69) is 38.8 Å². The van der Waals surface area contributed by atoms with Crippen LogP contribution in [0.1, 0.15) is 19.7 Å². The Morgan fingerprint density at radius 3 is 2.91 bits per heavy atom. The molecule has 1 atom stereocenters. The van der Waals surface area contributed by atoms with E-state index in [1.807, 2.05) is 25.1 Å². The van der Waals surface area contributed by atoms with Crippen molar-refractivity contribution in [3.8, 4) is 6.07 Å². The maximum Gasteiger partial charge on any atom is 0.192 e. The third-order valence-corrected chi connectivity index (χ3v) is 6.32. The summed E-state index contributed by atoms with van der Waals surface area (Å²) in [5, 5.41) is 18.1. The second-order valence-corrected chi connectivity index (χ2v) is 8.33. The molecule has 23 heavy (non-hydrogen) atoms. The molecule has 0 unspecified atom stereocenters. The number of hydrogen-bond acceptors (Lipinski definition) is 7. The highest BCUT2D eigenvalue weighted by molar-refractivity contribution is 8.00. The van der Waals surface area contributed by atoms with Gasteiger partial charge in [-0.05, 0) is 26.0 Å². The maximum absolute atomic E-state index is 8.95. The van der Waals surface area contributed by atoms with Crippen molar-refractivity contribution in [2.45, 2.75) is 40.9 Å². The first-order chi connectivity index (χ1) is 11.2. The summed E-state index contributed by atoms with van der Waals surface area (Å²) in [6, 6.07) is 10.4. The quantitative estimate of drug-likeness (QED) is 0.613. The van der Waals surface area contributed by atoms with Crippen LogP contribution >= 0.6 is 34.9 Å². The van der Waals surface area contributed by atoms with Gasteiger partial charge < -0.3 is 4.57 Å². The first-order valence-corrected chi connectivity index (χ1v) is 9.86. The van der Waals surface area contributed by atoms with E-state index in [1.54, 1.807) is 23.1 Å². The molecule has 0 radical (unpaired) electrons. The van der Waals surface area contributed by atoms with Crippen LogP contribution in [0.4, 0.5) is 0 Å². The molecule has 2 aromatic heterocycles. The average molecular weight is 362 g/mol. The van der Waals surface area contributed by atoms with Gasteiger partial charge in [-0.2, -0.15) is 5.26 Å². The zero-order valence-corrected chi connectivity index (χ0v) is 15.2. The SMILES string of the molecule is CCn1c(CSc2nc3ccccc3s2)nnc1S[C@@H](C)C#N. The second kappa shape index (κ2) is 7.34. The average Bonchev–Trinajstić information content (AvgIpc) is 3.15. The molecule has 3 rings (SSSR count). The number of thioether (sulfide) groups is 2. The zero-order valence-electron chi connectivity index (χ0n) is 12.8. The highest BCUT2D eigenvalue weighted by Crippen LogP contribution is 2.32. The van der Waals surface area contributed by atoms with Gasteiger partial charge in [0.15, 0.2) is 9.50 Å². The molecule has 1 aromatic carbocycles. The standard InChI is InChI=1S/C15H15N5S3/c1-3-20-13(18-19-14(20)22-10(2)8-16)9-21-15-17-11-6-4-5-7-12(11)23-15/h4-7,10H,3,9H2,1-2H3/t10-/m0/s1. The van der Waals surface area contributed by atoms with E-state index in [0.717, 1.165) is 33.1 Å². The van der Waals surface area contributed by atoms with Gasteiger partial charge in [-0.25, -0.2) is 4.98 Å². The lowest BCUT2D eigenvalue weighted by Crippen LogP contribution is -2.03. The minimum absolute atomic E-state index is 0.130. The molecule has 0 saturated heterocycles. The minimum Gasteiger partial charge on any atom is -0.306 e. The minimum atomic E-state index is -0.130. The Balaban J connectivity index is 1.74. The van der Waals surface area contributed by atoms with Crippen LogP contribution in [0, 0.1) is 11.3 Å². The maximum atomic E-state index is 8.95. The van der Waals surface area contributed by atoms with Crippen molar-refractivity contribution in [2.24, 2.45) is 0 Å². The topological polar surface area (TPSA) is 67.4 Å². The number of aromatic nitrogens is 4. The molecule has 8 heteroatoms. The smallest absolute Gasteiger partial charge is 0.192 e. The number of nitriles is 1. The molecule has 0 N–H and O–H groups in total. The van der Waals surface area contributed by atoms with Gasteiger partial charge in [-0.3, -0.25) is 0 Å². The Hall–Kier alpha value is -1.56. The van der Waals surface area contributed by atoms with Crippen LogP contribution in [0.2, 0.25) is 0 Å². The molecule has 0 fully saturated rings. The second-order valence-electron chi connectivity index (χ2n) is 4.77. The fraction of sp³-hybridized carbons (Fsp3) is 0.333. The molecule has 0 amide bonds. The van der Waals surface area contributed by atoms with Crippen LogP contribution in [0.3, 0.4) is 0 Å². The first-order valence-electron chi connectivity index (χ1n) is 7.18. The van der Waals surface area contributed by atoms with E-state index in [9.17, 15) is 0 Å². The summed E-state index contributed by atoms with van der Waals surface area (Å²) >= 11 is 4.82. The molecular weight excluding hydrogens is 346 g/mol. The predicted molar refractivity (Wildman–Crippen MR) is 95.8 cm³/mol. The highest BCUT2D eigenvalue weighted by atomic mass is 32.2. The molecule has 118 valence electrons. The number of nitrogens with zero attached hydrogens (tertiary/aromatic N) is 5. The fourth-order valence-corrected chi connectivity index (χ4v) is 4.88. The lowest BCUT2D eigenvalue weighted by Gasteiger charge is -2.07. The van der Waals surface area contributed by atoms with Crippen molar-refractivity contribution in [3.05, 3.63) is 30.1 Å². The zero-order chi connectivity index (χ0) is 16.2. The van der Waals surface area contributed by atoms with Gasteiger partial charge in [0, 0.05) is 6.54 Å². The monoisotopic (exact) mass is 361 g/mol. The van der Waals surface area contributed by atoms with Gasteiger partial charge in [0.25, 0.3) is 0 Å². The van der Waals surface area contributed by atoms with Gasteiger partial charge in [-0.1, -0.05) is 35.7 Å². The summed E-state index contributed by atoms with van der Waals surface area (Å²) in [7, 11) is 0. The highest BCUT2D eigenvalue weighted by Gasteiger charge is 2.15. The Morgan fingerprint density at radius 2 is 2.17 bits per heavy atom. The predicted octanol–water partition coefficient (Wildman–Crippen LogP) is 4.20. The van der Waals surface area contributed by atoms with Gasteiger partial charge >= 0.3 is 0 Å². The van der Waals surface area contributed by atoms with Crippen molar-refractivity contribution in [2.75, 3.05) is 0 Å². The van der Waals surface area contributed by atoms with Crippen LogP contribution in [0.25, 0.3) is 10.2 Å². The number of benzene rings is 1. The lowest BCUT2D eigenvalue weighted by molar-refractivity contribution is 0.658. The van der Waals surface area contributed by atoms with Gasteiger partial charge in [-0.15, -0.1) is 21.5 Å². The molecular formula is C15H15N5S3. The van der Waals surface area contributed by atoms with Crippen molar-refractivity contribution in [1.29, 1.82) is 5.26 Å². The van der Waals surface area contributed by atoms with Crippen LogP contribution in [0.15, 0.2) is 33.8 Å². The van der Waals surface area contributed by atoms with E-state index in [-0.39, 0.29) is 5.25 Å². The third-order valence-electron chi connectivity index (χ3n) is 3.17. The largest absolute Gasteiger partial charge is 0.306 e. The molecule has 3 aromatic rings. The lowest BCUT2D eigenvalue weighted by atomic mass is 10.3. The molecule has 5 nitrogen and oxygen atoms in total. The van der Waals surface area contributed by atoms with Crippen LogP contribution < -0.4 is 0 Å². The Bertz CT molecular complexity index is 815. The van der Waals surface area contributed by atoms with Crippen LogP contribution in [-0.2, 0) is 12.3 Å². The summed E-state index contributed by atoms with van der Waals surface area (Å²) in [6.07, 6.45) is 0. The van der Waals surface area contributed by atoms with Crippen molar-refractivity contribution < 1.29 is 0 Å². The van der Waals surface area contributed by atoms with E-state index in [4.69, 9.17) is 5.26 Å². The number of thiazole rings is 1. The number of hydrogen-bond donors (Lipinski definition) is 0. The summed E-state index contributed by atoms with van der Waals surface area (Å²) in [6.45, 7) is 4.73. The van der Waals surface area contributed by atoms with Crippen LogP contribution in [0.5, 0.6) is 0 Å². The Labute approximate surface area is 147 Å². The summed E-state index contributed by atoms with van der Waals surface area (Å²) < 4.78 is 4.31. The molecule has 0 spiro atoms. The third kappa shape index (κ3) is 3.68. The molecule has 2 heterocycles.